The molecule has 1 aliphatic heterocycles. The van der Waals surface area contributed by atoms with Gasteiger partial charge in [-0.3, -0.25) is 0 Å². The second-order valence-corrected chi connectivity index (χ2v) is 4.17. The minimum Gasteiger partial charge on any atom is -0.399 e. The molecular formula is C11H14N4. The summed E-state index contributed by atoms with van der Waals surface area (Å²) in [7, 11) is 0. The average Bonchev–Trinajstić information content (AvgIpc) is 2.56. The second-order valence-electron chi connectivity index (χ2n) is 4.17. The fraction of sp³-hybridized carbons (Fsp3) is 0.364. The van der Waals surface area contributed by atoms with E-state index in [-0.39, 0.29) is 0 Å². The smallest absolute Gasteiger partial charge is 0.123 e. The van der Waals surface area contributed by atoms with Crippen LogP contribution in [0.3, 0.4) is 0 Å². The van der Waals surface area contributed by atoms with Crippen molar-refractivity contribution < 1.29 is 0 Å². The molecule has 3 rings (SSSR count). The first-order chi connectivity index (χ1) is 7.24. The minimum absolute atomic E-state index is 0.497. The molecule has 2 heterocycles. The molecule has 0 radical (unpaired) electrons. The summed E-state index contributed by atoms with van der Waals surface area (Å²) in [5.41, 5.74) is 8.78. The number of anilines is 1. The Hall–Kier alpha value is -1.55. The number of benzene rings is 1. The van der Waals surface area contributed by atoms with Gasteiger partial charge in [0.1, 0.15) is 5.82 Å². The maximum absolute atomic E-state index is 5.79. The van der Waals surface area contributed by atoms with Gasteiger partial charge in [-0.2, -0.15) is 0 Å². The molecule has 0 amide bonds. The first-order valence-corrected chi connectivity index (χ1v) is 5.22. The van der Waals surface area contributed by atoms with E-state index < -0.39 is 0 Å². The fourth-order valence-electron chi connectivity index (χ4n) is 2.13. The number of fused-ring (bicyclic) bond motifs is 3. The summed E-state index contributed by atoms with van der Waals surface area (Å²) >= 11 is 0. The van der Waals surface area contributed by atoms with E-state index in [0.717, 1.165) is 35.6 Å². The molecular weight excluding hydrogens is 188 g/mol. The summed E-state index contributed by atoms with van der Waals surface area (Å²) < 4.78 is 2.26. The Morgan fingerprint density at radius 2 is 2.40 bits per heavy atom. The predicted octanol–water partition coefficient (Wildman–Crippen LogP) is 1.11. The lowest BCUT2D eigenvalue weighted by Gasteiger charge is -2.22. The average molecular weight is 202 g/mol. The minimum atomic E-state index is 0.497. The molecule has 0 bridgehead atoms. The van der Waals surface area contributed by atoms with Gasteiger partial charge in [0.15, 0.2) is 0 Å². The van der Waals surface area contributed by atoms with Gasteiger partial charge in [-0.15, -0.1) is 0 Å². The molecule has 4 heteroatoms. The number of hydrogen-bond acceptors (Lipinski definition) is 3. The van der Waals surface area contributed by atoms with Gasteiger partial charge in [0.25, 0.3) is 0 Å². The largest absolute Gasteiger partial charge is 0.399 e. The van der Waals surface area contributed by atoms with Crippen LogP contribution >= 0.6 is 0 Å². The Kier molecular flexibility index (Phi) is 1.73. The van der Waals surface area contributed by atoms with Gasteiger partial charge in [-0.05, 0) is 25.1 Å². The summed E-state index contributed by atoms with van der Waals surface area (Å²) in [6, 6.07) is 6.39. The standard InChI is InChI=1S/C11H14N4/c1-7-6-15-10-4-8(12)2-3-9(10)14-11(15)5-13-7/h2-4,7,13H,5-6,12H2,1H3. The maximum atomic E-state index is 5.79. The zero-order valence-electron chi connectivity index (χ0n) is 8.70. The SMILES string of the molecule is CC1Cn2c(nc3ccc(N)cc32)CN1. The summed E-state index contributed by atoms with van der Waals surface area (Å²) in [5.74, 6) is 1.11. The van der Waals surface area contributed by atoms with E-state index in [0.29, 0.717) is 6.04 Å². The van der Waals surface area contributed by atoms with Gasteiger partial charge < -0.3 is 15.6 Å². The molecule has 0 aliphatic carbocycles. The first-order valence-electron chi connectivity index (χ1n) is 5.22. The first kappa shape index (κ1) is 8.73. The van der Waals surface area contributed by atoms with Crippen molar-refractivity contribution in [2.45, 2.75) is 26.1 Å². The molecule has 1 aromatic carbocycles. The van der Waals surface area contributed by atoms with E-state index in [1.807, 2.05) is 18.2 Å². The van der Waals surface area contributed by atoms with Crippen molar-refractivity contribution in [3.05, 3.63) is 24.0 Å². The molecule has 0 saturated carbocycles. The van der Waals surface area contributed by atoms with E-state index in [9.17, 15) is 0 Å². The summed E-state index contributed by atoms with van der Waals surface area (Å²) in [4.78, 5) is 4.57. The van der Waals surface area contributed by atoms with Crippen LogP contribution in [0.2, 0.25) is 0 Å². The quantitative estimate of drug-likeness (QED) is 0.629. The number of imidazole rings is 1. The zero-order chi connectivity index (χ0) is 10.4. The second kappa shape index (κ2) is 2.97. The van der Waals surface area contributed by atoms with Crippen LogP contribution in [0.5, 0.6) is 0 Å². The summed E-state index contributed by atoms with van der Waals surface area (Å²) in [6.45, 7) is 3.99. The molecule has 1 unspecified atom stereocenters. The van der Waals surface area contributed by atoms with Crippen LogP contribution in [-0.2, 0) is 13.1 Å². The molecule has 0 saturated heterocycles. The van der Waals surface area contributed by atoms with Crippen molar-refractivity contribution in [2.75, 3.05) is 5.73 Å². The third-order valence-corrected chi connectivity index (χ3v) is 2.92. The third kappa shape index (κ3) is 1.29. The van der Waals surface area contributed by atoms with Crippen LogP contribution in [-0.4, -0.2) is 15.6 Å². The number of rotatable bonds is 0. The highest BCUT2D eigenvalue weighted by molar-refractivity contribution is 5.79. The number of aromatic nitrogens is 2. The molecule has 3 N–H and O–H groups in total. The highest BCUT2D eigenvalue weighted by Gasteiger charge is 2.17. The van der Waals surface area contributed by atoms with Gasteiger partial charge in [-0.1, -0.05) is 0 Å². The number of nitrogen functional groups attached to an aromatic ring is 1. The van der Waals surface area contributed by atoms with E-state index in [1.54, 1.807) is 0 Å². The molecule has 2 aromatic rings. The lowest BCUT2D eigenvalue weighted by atomic mass is 10.2. The normalized spacial score (nSPS) is 20.5. The van der Waals surface area contributed by atoms with Gasteiger partial charge in [0.05, 0.1) is 17.6 Å². The molecule has 78 valence electrons. The van der Waals surface area contributed by atoms with Crippen LogP contribution in [0, 0.1) is 0 Å². The fourth-order valence-corrected chi connectivity index (χ4v) is 2.13. The number of nitrogens with one attached hydrogen (secondary N) is 1. The Balaban J connectivity index is 2.25. The Morgan fingerprint density at radius 3 is 3.27 bits per heavy atom. The Bertz CT molecular complexity index is 515. The monoisotopic (exact) mass is 202 g/mol. The molecule has 0 fully saturated rings. The number of hydrogen-bond donors (Lipinski definition) is 2. The molecule has 15 heavy (non-hydrogen) atoms. The van der Waals surface area contributed by atoms with E-state index >= 15 is 0 Å². The Labute approximate surface area is 88.1 Å². The van der Waals surface area contributed by atoms with Crippen LogP contribution in [0.25, 0.3) is 11.0 Å². The molecule has 1 aromatic heterocycles. The van der Waals surface area contributed by atoms with Crippen LogP contribution in [0.15, 0.2) is 18.2 Å². The van der Waals surface area contributed by atoms with Crippen LogP contribution < -0.4 is 11.1 Å². The van der Waals surface area contributed by atoms with Crippen molar-refractivity contribution in [3.63, 3.8) is 0 Å². The van der Waals surface area contributed by atoms with Crippen LogP contribution in [0.4, 0.5) is 5.69 Å². The van der Waals surface area contributed by atoms with E-state index in [4.69, 9.17) is 5.73 Å². The maximum Gasteiger partial charge on any atom is 0.123 e. The van der Waals surface area contributed by atoms with Gasteiger partial charge >= 0.3 is 0 Å². The Morgan fingerprint density at radius 1 is 1.53 bits per heavy atom. The van der Waals surface area contributed by atoms with Crippen molar-refractivity contribution >= 4 is 16.7 Å². The molecule has 1 atom stereocenters. The third-order valence-electron chi connectivity index (χ3n) is 2.92. The van der Waals surface area contributed by atoms with Gasteiger partial charge in [-0.25, -0.2) is 4.98 Å². The highest BCUT2D eigenvalue weighted by atomic mass is 15.2. The summed E-state index contributed by atoms with van der Waals surface area (Å²) in [5, 5.41) is 3.40. The zero-order valence-corrected chi connectivity index (χ0v) is 8.70. The van der Waals surface area contributed by atoms with Crippen molar-refractivity contribution in [1.29, 1.82) is 0 Å². The number of nitrogens with zero attached hydrogens (tertiary/aromatic N) is 2. The van der Waals surface area contributed by atoms with Crippen molar-refractivity contribution in [2.24, 2.45) is 0 Å². The predicted molar refractivity (Wildman–Crippen MR) is 60.4 cm³/mol. The van der Waals surface area contributed by atoms with Gasteiger partial charge in [0.2, 0.25) is 0 Å². The van der Waals surface area contributed by atoms with E-state index in [1.165, 1.54) is 0 Å². The van der Waals surface area contributed by atoms with Gasteiger partial charge in [0, 0.05) is 18.3 Å². The lowest BCUT2D eigenvalue weighted by Crippen LogP contribution is -2.36. The van der Waals surface area contributed by atoms with Crippen molar-refractivity contribution in [1.82, 2.24) is 14.9 Å². The topological polar surface area (TPSA) is 55.9 Å². The molecule has 4 nitrogen and oxygen atoms in total. The van der Waals surface area contributed by atoms with E-state index in [2.05, 4.69) is 21.8 Å². The molecule has 0 spiro atoms. The van der Waals surface area contributed by atoms with Crippen LogP contribution in [0.1, 0.15) is 12.7 Å². The van der Waals surface area contributed by atoms with Crippen molar-refractivity contribution in [3.8, 4) is 0 Å². The lowest BCUT2D eigenvalue weighted by molar-refractivity contribution is 0.416. The summed E-state index contributed by atoms with van der Waals surface area (Å²) in [6.07, 6.45) is 0. The molecule has 1 aliphatic rings. The number of nitrogens with two attached hydrogens (primary N) is 1. The highest BCUT2D eigenvalue weighted by Crippen LogP contribution is 2.21.